The summed E-state index contributed by atoms with van der Waals surface area (Å²) >= 11 is 0. The topological polar surface area (TPSA) is 56.8 Å². The van der Waals surface area contributed by atoms with Crippen LogP contribution in [0.4, 0.5) is 5.82 Å². The van der Waals surface area contributed by atoms with Crippen LogP contribution < -0.4 is 10.2 Å². The van der Waals surface area contributed by atoms with Gasteiger partial charge in [0.05, 0.1) is 5.39 Å². The predicted octanol–water partition coefficient (Wildman–Crippen LogP) is 0.900. The quantitative estimate of drug-likeness (QED) is 0.763. The summed E-state index contributed by atoms with van der Waals surface area (Å²) < 4.78 is 0. The summed E-state index contributed by atoms with van der Waals surface area (Å²) in [6.45, 7) is 3.33. The van der Waals surface area contributed by atoms with Gasteiger partial charge in [-0.1, -0.05) is 0 Å². The number of rotatable bonds is 1. The molecule has 1 unspecified atom stereocenters. The van der Waals surface area contributed by atoms with E-state index >= 15 is 0 Å². The van der Waals surface area contributed by atoms with E-state index in [1.54, 1.807) is 6.33 Å². The van der Waals surface area contributed by atoms with Crippen LogP contribution in [0, 0.1) is 0 Å². The summed E-state index contributed by atoms with van der Waals surface area (Å²) in [5.74, 6) is 1.07. The average Bonchev–Trinajstić information content (AvgIpc) is 2.94. The predicted molar refractivity (Wildman–Crippen MR) is 66.1 cm³/mol. The highest BCUT2D eigenvalue weighted by molar-refractivity contribution is 5.87. The summed E-state index contributed by atoms with van der Waals surface area (Å²) in [5.41, 5.74) is 1.30. The maximum atomic E-state index is 4.45. The van der Waals surface area contributed by atoms with E-state index in [1.165, 1.54) is 12.8 Å². The van der Waals surface area contributed by atoms with Crippen LogP contribution in [0.25, 0.3) is 11.0 Å². The molecule has 2 aromatic heterocycles. The Balaban J connectivity index is 1.72. The monoisotopic (exact) mass is 229 g/mol. The van der Waals surface area contributed by atoms with Gasteiger partial charge in [0.25, 0.3) is 0 Å². The Hall–Kier alpha value is -1.62. The standard InChI is InChI=1S/C12H15N5/c1-4-13-10-9(1)11(15-8-14-10)17-6-3-12(7-17)2-5-16-12/h1,4,8,16H,2-3,5-7H2,(H,13,14,15). The molecule has 2 fully saturated rings. The number of hydrogen-bond acceptors (Lipinski definition) is 4. The van der Waals surface area contributed by atoms with Gasteiger partial charge < -0.3 is 15.2 Å². The summed E-state index contributed by atoms with van der Waals surface area (Å²) in [7, 11) is 0. The van der Waals surface area contributed by atoms with Gasteiger partial charge in [-0.3, -0.25) is 0 Å². The molecule has 2 aromatic rings. The zero-order valence-electron chi connectivity index (χ0n) is 9.61. The molecule has 0 radical (unpaired) electrons. The maximum absolute atomic E-state index is 4.45. The second kappa shape index (κ2) is 3.20. The molecule has 4 rings (SSSR count). The highest BCUT2D eigenvalue weighted by Gasteiger charge is 2.43. The number of fused-ring (bicyclic) bond motifs is 1. The van der Waals surface area contributed by atoms with Crippen molar-refractivity contribution in [3.8, 4) is 0 Å². The van der Waals surface area contributed by atoms with Crippen molar-refractivity contribution in [1.82, 2.24) is 20.3 Å². The van der Waals surface area contributed by atoms with Crippen molar-refractivity contribution in [2.75, 3.05) is 24.5 Å². The normalized spacial score (nSPS) is 27.9. The molecule has 0 bridgehead atoms. The van der Waals surface area contributed by atoms with Crippen LogP contribution in [-0.4, -0.2) is 40.1 Å². The van der Waals surface area contributed by atoms with Crippen LogP contribution in [-0.2, 0) is 0 Å². The highest BCUT2D eigenvalue weighted by atomic mass is 15.3. The van der Waals surface area contributed by atoms with Gasteiger partial charge in [-0.05, 0) is 25.5 Å². The SMILES string of the molecule is c1nc(N2CCC3(CCN3)C2)c2cc[nH]c2n1. The van der Waals surface area contributed by atoms with Crippen LogP contribution in [0.15, 0.2) is 18.6 Å². The van der Waals surface area contributed by atoms with E-state index in [4.69, 9.17) is 0 Å². The van der Waals surface area contributed by atoms with E-state index in [2.05, 4.69) is 31.2 Å². The number of hydrogen-bond donors (Lipinski definition) is 2. The Morgan fingerprint density at radius 2 is 2.24 bits per heavy atom. The molecule has 4 heterocycles. The summed E-state index contributed by atoms with van der Waals surface area (Å²) in [5, 5.41) is 4.70. The van der Waals surface area contributed by atoms with Crippen molar-refractivity contribution >= 4 is 16.9 Å². The second-order valence-corrected chi connectivity index (χ2v) is 5.07. The van der Waals surface area contributed by atoms with Crippen LogP contribution in [0.1, 0.15) is 12.8 Å². The molecule has 1 atom stereocenters. The first-order valence-electron chi connectivity index (χ1n) is 6.14. The average molecular weight is 229 g/mol. The lowest BCUT2D eigenvalue weighted by Crippen LogP contribution is -2.58. The van der Waals surface area contributed by atoms with Crippen molar-refractivity contribution in [1.29, 1.82) is 0 Å². The largest absolute Gasteiger partial charge is 0.354 e. The van der Waals surface area contributed by atoms with Gasteiger partial charge >= 0.3 is 0 Å². The van der Waals surface area contributed by atoms with Crippen LogP contribution >= 0.6 is 0 Å². The minimum Gasteiger partial charge on any atom is -0.354 e. The first kappa shape index (κ1) is 9.41. The minimum absolute atomic E-state index is 0.369. The number of H-pyrrole nitrogens is 1. The fourth-order valence-corrected chi connectivity index (χ4v) is 2.99. The molecule has 0 saturated carbocycles. The smallest absolute Gasteiger partial charge is 0.142 e. The molecule has 2 N–H and O–H groups in total. The van der Waals surface area contributed by atoms with E-state index in [0.717, 1.165) is 36.5 Å². The molecule has 0 amide bonds. The number of anilines is 1. The van der Waals surface area contributed by atoms with Crippen molar-refractivity contribution < 1.29 is 0 Å². The summed E-state index contributed by atoms with van der Waals surface area (Å²) in [6, 6.07) is 2.06. The number of aromatic amines is 1. The van der Waals surface area contributed by atoms with E-state index in [9.17, 15) is 0 Å². The lowest BCUT2D eigenvalue weighted by atomic mass is 9.87. The highest BCUT2D eigenvalue weighted by Crippen LogP contribution is 2.34. The van der Waals surface area contributed by atoms with Crippen LogP contribution in [0.5, 0.6) is 0 Å². The zero-order chi connectivity index (χ0) is 11.3. The van der Waals surface area contributed by atoms with Crippen LogP contribution in [0.3, 0.4) is 0 Å². The van der Waals surface area contributed by atoms with Gasteiger partial charge in [-0.25, -0.2) is 9.97 Å². The number of nitrogens with one attached hydrogen (secondary N) is 2. The fourth-order valence-electron chi connectivity index (χ4n) is 2.99. The van der Waals surface area contributed by atoms with Gasteiger partial charge in [-0.2, -0.15) is 0 Å². The van der Waals surface area contributed by atoms with Crippen molar-refractivity contribution in [2.45, 2.75) is 18.4 Å². The van der Waals surface area contributed by atoms with E-state index in [1.807, 2.05) is 6.20 Å². The molecule has 1 spiro atoms. The van der Waals surface area contributed by atoms with Crippen molar-refractivity contribution in [2.24, 2.45) is 0 Å². The van der Waals surface area contributed by atoms with Gasteiger partial charge in [-0.15, -0.1) is 0 Å². The lowest BCUT2D eigenvalue weighted by molar-refractivity contribution is 0.235. The zero-order valence-corrected chi connectivity index (χ0v) is 9.61. The third-order valence-corrected chi connectivity index (χ3v) is 4.09. The van der Waals surface area contributed by atoms with Gasteiger partial charge in [0, 0.05) is 24.8 Å². The third kappa shape index (κ3) is 1.29. The molecule has 17 heavy (non-hydrogen) atoms. The summed E-state index contributed by atoms with van der Waals surface area (Å²) in [6.07, 6.45) is 6.09. The molecule has 5 nitrogen and oxygen atoms in total. The fraction of sp³-hybridized carbons (Fsp3) is 0.500. The summed E-state index contributed by atoms with van der Waals surface area (Å²) in [4.78, 5) is 14.2. The van der Waals surface area contributed by atoms with Gasteiger partial charge in [0.2, 0.25) is 0 Å². The molecular formula is C12H15N5. The lowest BCUT2D eigenvalue weighted by Gasteiger charge is -2.39. The molecular weight excluding hydrogens is 214 g/mol. The number of nitrogens with zero attached hydrogens (tertiary/aromatic N) is 3. The Morgan fingerprint density at radius 1 is 1.29 bits per heavy atom. The Morgan fingerprint density at radius 3 is 3.00 bits per heavy atom. The molecule has 2 saturated heterocycles. The van der Waals surface area contributed by atoms with Gasteiger partial charge in [0.15, 0.2) is 0 Å². The first-order chi connectivity index (χ1) is 8.36. The molecule has 5 heteroatoms. The van der Waals surface area contributed by atoms with E-state index < -0.39 is 0 Å². The molecule has 2 aliphatic heterocycles. The molecule has 88 valence electrons. The number of aromatic nitrogens is 3. The Kier molecular flexibility index (Phi) is 1.77. The Bertz CT molecular complexity index is 557. The molecule has 0 aromatic carbocycles. The van der Waals surface area contributed by atoms with E-state index in [-0.39, 0.29) is 0 Å². The van der Waals surface area contributed by atoms with E-state index in [0.29, 0.717) is 5.54 Å². The van der Waals surface area contributed by atoms with Crippen LogP contribution in [0.2, 0.25) is 0 Å². The van der Waals surface area contributed by atoms with Gasteiger partial charge in [0.1, 0.15) is 17.8 Å². The van der Waals surface area contributed by atoms with Crippen molar-refractivity contribution in [3.63, 3.8) is 0 Å². The molecule has 2 aliphatic rings. The first-order valence-corrected chi connectivity index (χ1v) is 6.14. The Labute approximate surface area is 99.2 Å². The maximum Gasteiger partial charge on any atom is 0.142 e. The third-order valence-electron chi connectivity index (χ3n) is 4.09. The minimum atomic E-state index is 0.369. The second-order valence-electron chi connectivity index (χ2n) is 5.07. The van der Waals surface area contributed by atoms with Crippen molar-refractivity contribution in [3.05, 3.63) is 18.6 Å². The molecule has 0 aliphatic carbocycles.